The Morgan fingerprint density at radius 2 is 1.79 bits per heavy atom. The van der Waals surface area contributed by atoms with Crippen molar-refractivity contribution in [2.75, 3.05) is 6.67 Å². The van der Waals surface area contributed by atoms with Crippen LogP contribution in [0.15, 0.2) is 30.4 Å². The number of hydrogen-bond donors (Lipinski definition) is 0. The smallest absolute Gasteiger partial charge is 0.159 e. The standard InChI is InChI=1S/C16H19F3/c17-10-2-1-3-12-4-6-13(7-5-12)14-8-9-15(18)16(19)11-14/h1,3,8-9,11-13H,2,4-7,10H2. The predicted molar refractivity (Wildman–Crippen MR) is 70.8 cm³/mol. The first kappa shape index (κ1) is 14.2. The first-order valence-electron chi connectivity index (χ1n) is 6.88. The zero-order valence-corrected chi connectivity index (χ0v) is 10.9. The molecule has 0 amide bonds. The number of alkyl halides is 1. The summed E-state index contributed by atoms with van der Waals surface area (Å²) in [7, 11) is 0. The van der Waals surface area contributed by atoms with Crippen molar-refractivity contribution in [2.45, 2.75) is 38.0 Å². The maximum absolute atomic E-state index is 13.2. The lowest BCUT2D eigenvalue weighted by Gasteiger charge is -2.27. The Hall–Kier alpha value is -1.25. The van der Waals surface area contributed by atoms with Gasteiger partial charge in [-0.1, -0.05) is 18.2 Å². The summed E-state index contributed by atoms with van der Waals surface area (Å²) in [6, 6.07) is 4.21. The van der Waals surface area contributed by atoms with Crippen LogP contribution in [0.2, 0.25) is 0 Å². The Morgan fingerprint density at radius 3 is 2.42 bits per heavy atom. The van der Waals surface area contributed by atoms with E-state index < -0.39 is 11.6 Å². The molecule has 2 rings (SSSR count). The van der Waals surface area contributed by atoms with E-state index in [1.165, 1.54) is 12.1 Å². The maximum Gasteiger partial charge on any atom is 0.159 e. The Balaban J connectivity index is 1.90. The highest BCUT2D eigenvalue weighted by atomic mass is 19.2. The molecule has 0 unspecified atom stereocenters. The van der Waals surface area contributed by atoms with Crippen LogP contribution in [0.5, 0.6) is 0 Å². The fourth-order valence-electron chi connectivity index (χ4n) is 2.76. The summed E-state index contributed by atoms with van der Waals surface area (Å²) in [6.07, 6.45) is 8.52. The van der Waals surface area contributed by atoms with E-state index in [-0.39, 0.29) is 6.67 Å². The van der Waals surface area contributed by atoms with E-state index in [9.17, 15) is 13.2 Å². The molecule has 0 atom stereocenters. The zero-order valence-electron chi connectivity index (χ0n) is 10.9. The van der Waals surface area contributed by atoms with E-state index in [0.29, 0.717) is 18.3 Å². The largest absolute Gasteiger partial charge is 0.251 e. The van der Waals surface area contributed by atoms with E-state index in [4.69, 9.17) is 0 Å². The van der Waals surface area contributed by atoms with E-state index in [1.807, 2.05) is 6.08 Å². The second-order valence-electron chi connectivity index (χ2n) is 5.19. The number of halogens is 3. The minimum atomic E-state index is -0.786. The number of rotatable bonds is 4. The van der Waals surface area contributed by atoms with Crippen LogP contribution in [-0.4, -0.2) is 6.67 Å². The third-order valence-electron chi connectivity index (χ3n) is 3.87. The average Bonchev–Trinajstić information content (AvgIpc) is 2.43. The highest BCUT2D eigenvalue weighted by molar-refractivity contribution is 5.22. The van der Waals surface area contributed by atoms with Gasteiger partial charge >= 0.3 is 0 Å². The van der Waals surface area contributed by atoms with E-state index in [2.05, 4.69) is 6.08 Å². The van der Waals surface area contributed by atoms with Crippen LogP contribution in [0.4, 0.5) is 13.2 Å². The van der Waals surface area contributed by atoms with Crippen molar-refractivity contribution in [1.29, 1.82) is 0 Å². The normalized spacial score (nSPS) is 23.9. The Morgan fingerprint density at radius 1 is 1.05 bits per heavy atom. The van der Waals surface area contributed by atoms with Crippen molar-refractivity contribution in [2.24, 2.45) is 5.92 Å². The van der Waals surface area contributed by atoms with Crippen molar-refractivity contribution in [3.8, 4) is 0 Å². The molecule has 1 fully saturated rings. The molecule has 0 bridgehead atoms. The molecule has 0 saturated heterocycles. The fraction of sp³-hybridized carbons (Fsp3) is 0.500. The average molecular weight is 268 g/mol. The molecule has 1 saturated carbocycles. The van der Waals surface area contributed by atoms with Gasteiger partial charge in [0.05, 0.1) is 6.67 Å². The molecule has 19 heavy (non-hydrogen) atoms. The van der Waals surface area contributed by atoms with E-state index in [1.54, 1.807) is 6.07 Å². The molecule has 0 radical (unpaired) electrons. The molecule has 1 aliphatic carbocycles. The molecule has 0 nitrogen and oxygen atoms in total. The van der Waals surface area contributed by atoms with Gasteiger partial charge in [0.25, 0.3) is 0 Å². The molecule has 0 N–H and O–H groups in total. The number of hydrogen-bond acceptors (Lipinski definition) is 0. The van der Waals surface area contributed by atoms with Crippen LogP contribution in [0, 0.1) is 17.6 Å². The highest BCUT2D eigenvalue weighted by Gasteiger charge is 2.21. The summed E-state index contributed by atoms with van der Waals surface area (Å²) >= 11 is 0. The van der Waals surface area contributed by atoms with Gasteiger partial charge in [0.1, 0.15) is 0 Å². The number of benzene rings is 1. The predicted octanol–water partition coefficient (Wildman–Crippen LogP) is 5.15. The molecule has 1 aliphatic rings. The van der Waals surface area contributed by atoms with Crippen LogP contribution < -0.4 is 0 Å². The van der Waals surface area contributed by atoms with Gasteiger partial charge in [0, 0.05) is 0 Å². The molecule has 0 heterocycles. The second-order valence-corrected chi connectivity index (χ2v) is 5.19. The molecule has 3 heteroatoms. The highest BCUT2D eigenvalue weighted by Crippen LogP contribution is 2.36. The van der Waals surface area contributed by atoms with Crippen LogP contribution in [0.1, 0.15) is 43.6 Å². The molecule has 104 valence electrons. The van der Waals surface area contributed by atoms with Gasteiger partial charge in [0.15, 0.2) is 11.6 Å². The summed E-state index contributed by atoms with van der Waals surface area (Å²) in [4.78, 5) is 0. The monoisotopic (exact) mass is 268 g/mol. The van der Waals surface area contributed by atoms with Crippen molar-refractivity contribution < 1.29 is 13.2 Å². The fourth-order valence-corrected chi connectivity index (χ4v) is 2.76. The molecular weight excluding hydrogens is 249 g/mol. The van der Waals surface area contributed by atoms with Crippen LogP contribution >= 0.6 is 0 Å². The lowest BCUT2D eigenvalue weighted by Crippen LogP contribution is -2.12. The second kappa shape index (κ2) is 6.78. The molecule has 0 aromatic heterocycles. The van der Waals surface area contributed by atoms with Gasteiger partial charge in [0.2, 0.25) is 0 Å². The van der Waals surface area contributed by atoms with Gasteiger partial charge in [-0.3, -0.25) is 4.39 Å². The third-order valence-corrected chi connectivity index (χ3v) is 3.87. The first-order chi connectivity index (χ1) is 9.20. The number of allylic oxidation sites excluding steroid dienone is 2. The summed E-state index contributed by atoms with van der Waals surface area (Å²) in [6.45, 7) is -0.305. The van der Waals surface area contributed by atoms with Crippen molar-refractivity contribution in [3.63, 3.8) is 0 Å². The minimum absolute atomic E-state index is 0.305. The minimum Gasteiger partial charge on any atom is -0.251 e. The molecular formula is C16H19F3. The summed E-state index contributed by atoms with van der Waals surface area (Å²) < 4.78 is 38.1. The lowest BCUT2D eigenvalue weighted by molar-refractivity contribution is 0.373. The van der Waals surface area contributed by atoms with Crippen molar-refractivity contribution in [1.82, 2.24) is 0 Å². The SMILES string of the molecule is FCCC=CC1CCC(c2ccc(F)c(F)c2)CC1. The lowest BCUT2D eigenvalue weighted by atomic mass is 9.78. The van der Waals surface area contributed by atoms with Crippen molar-refractivity contribution >= 4 is 0 Å². The Bertz CT molecular complexity index is 432. The van der Waals surface area contributed by atoms with Crippen molar-refractivity contribution in [3.05, 3.63) is 47.5 Å². The quantitative estimate of drug-likeness (QED) is 0.662. The van der Waals surface area contributed by atoms with Crippen LogP contribution in [-0.2, 0) is 0 Å². The molecule has 0 aliphatic heterocycles. The molecule has 1 aromatic rings. The zero-order chi connectivity index (χ0) is 13.7. The topological polar surface area (TPSA) is 0 Å². The molecule has 0 spiro atoms. The molecule has 1 aromatic carbocycles. The first-order valence-corrected chi connectivity index (χ1v) is 6.88. The van der Waals surface area contributed by atoms with Gasteiger partial charge < -0.3 is 0 Å². The Labute approximate surface area is 112 Å². The van der Waals surface area contributed by atoms with Gasteiger partial charge in [-0.25, -0.2) is 8.78 Å². The Kier molecular flexibility index (Phi) is 5.06. The third kappa shape index (κ3) is 3.85. The maximum atomic E-state index is 13.2. The van der Waals surface area contributed by atoms with E-state index >= 15 is 0 Å². The van der Waals surface area contributed by atoms with Gasteiger partial charge in [-0.15, -0.1) is 0 Å². The van der Waals surface area contributed by atoms with E-state index in [0.717, 1.165) is 31.2 Å². The van der Waals surface area contributed by atoms with Crippen LogP contribution in [0.25, 0.3) is 0 Å². The summed E-state index contributed by atoms with van der Waals surface area (Å²) in [5.41, 5.74) is 0.894. The van der Waals surface area contributed by atoms with Gasteiger partial charge in [-0.2, -0.15) is 0 Å². The van der Waals surface area contributed by atoms with Crippen LogP contribution in [0.3, 0.4) is 0 Å². The summed E-state index contributed by atoms with van der Waals surface area (Å²) in [5, 5.41) is 0. The van der Waals surface area contributed by atoms with Gasteiger partial charge in [-0.05, 0) is 61.6 Å². The summed E-state index contributed by atoms with van der Waals surface area (Å²) in [5.74, 6) is -0.719.